The topological polar surface area (TPSA) is 95.5 Å². The van der Waals surface area contributed by atoms with E-state index in [-0.39, 0.29) is 19.0 Å². The summed E-state index contributed by atoms with van der Waals surface area (Å²) in [4.78, 5) is 35.6. The van der Waals surface area contributed by atoms with E-state index >= 15 is 0 Å². The van der Waals surface area contributed by atoms with Crippen molar-refractivity contribution in [2.24, 2.45) is 5.41 Å². The van der Waals surface area contributed by atoms with E-state index in [1.54, 1.807) is 52.0 Å². The van der Waals surface area contributed by atoms with Crippen LogP contribution in [-0.2, 0) is 19.8 Å². The lowest BCUT2D eigenvalue weighted by molar-refractivity contribution is -0.144. The van der Waals surface area contributed by atoms with Crippen LogP contribution in [0.2, 0.25) is 0 Å². The molecule has 2 amide bonds. The van der Waals surface area contributed by atoms with Crippen LogP contribution in [0.4, 0.5) is 0 Å². The summed E-state index contributed by atoms with van der Waals surface area (Å²) in [5.74, 6) is -1.64. The molecule has 1 unspecified atom stereocenters. The molecule has 1 aromatic carbocycles. The summed E-state index contributed by atoms with van der Waals surface area (Å²) in [7, 11) is 0. The quantitative estimate of drug-likeness (QED) is 0.707. The molecule has 0 aliphatic carbocycles. The number of carbonyl (C=O) groups excluding carboxylic acids is 2. The maximum absolute atomic E-state index is 12.0. The Bertz CT molecular complexity index is 593. The number of carboxylic acids is 1. The highest BCUT2D eigenvalue weighted by atomic mass is 16.4. The van der Waals surface area contributed by atoms with Gasteiger partial charge in [0.05, 0.1) is 6.54 Å². The molecule has 0 aromatic heterocycles. The van der Waals surface area contributed by atoms with Gasteiger partial charge in [-0.1, -0.05) is 58.0 Å². The molecule has 1 rings (SSSR count). The number of rotatable bonds is 7. The van der Waals surface area contributed by atoms with Crippen molar-refractivity contribution in [2.45, 2.75) is 39.5 Å². The maximum Gasteiger partial charge on any atom is 0.315 e. The van der Waals surface area contributed by atoms with Crippen LogP contribution in [0.3, 0.4) is 0 Å². The minimum absolute atomic E-state index is 0.0347. The molecule has 3 N–H and O–H groups in total. The molecule has 0 aliphatic rings. The van der Waals surface area contributed by atoms with Crippen molar-refractivity contribution in [1.82, 2.24) is 10.6 Å². The van der Waals surface area contributed by atoms with Gasteiger partial charge in [-0.3, -0.25) is 14.4 Å². The summed E-state index contributed by atoms with van der Waals surface area (Å²) in [6.45, 7) is 6.82. The van der Waals surface area contributed by atoms with Gasteiger partial charge in [0.1, 0.15) is 5.41 Å². The number of carboxylic acid groups (broad SMARTS) is 1. The number of nitrogens with one attached hydrogen (secondary N) is 2. The zero-order chi connectivity index (χ0) is 18.4. The molecule has 1 atom stereocenters. The Labute approximate surface area is 142 Å². The van der Waals surface area contributed by atoms with E-state index in [1.165, 1.54) is 0 Å². The highest BCUT2D eigenvalue weighted by Crippen LogP contribution is 2.27. The molecule has 24 heavy (non-hydrogen) atoms. The van der Waals surface area contributed by atoms with Crippen molar-refractivity contribution in [3.05, 3.63) is 35.9 Å². The van der Waals surface area contributed by atoms with Crippen LogP contribution < -0.4 is 10.6 Å². The van der Waals surface area contributed by atoms with Crippen LogP contribution in [0.25, 0.3) is 0 Å². The molecule has 6 heteroatoms. The molecule has 132 valence electrons. The van der Waals surface area contributed by atoms with Gasteiger partial charge in [0, 0.05) is 12.0 Å². The highest BCUT2D eigenvalue weighted by Gasteiger charge is 2.39. The number of aliphatic carboxylic acids is 1. The number of benzene rings is 1. The summed E-state index contributed by atoms with van der Waals surface area (Å²) < 4.78 is 0. The number of amides is 2. The predicted molar refractivity (Wildman–Crippen MR) is 91.5 cm³/mol. The Kier molecular flexibility index (Phi) is 6.51. The van der Waals surface area contributed by atoms with Crippen molar-refractivity contribution >= 4 is 17.8 Å². The molecule has 1 aromatic rings. The lowest BCUT2D eigenvalue weighted by Gasteiger charge is -2.29. The minimum atomic E-state index is -1.19. The van der Waals surface area contributed by atoms with E-state index in [9.17, 15) is 19.5 Å². The standard InChI is InChI=1S/C18H26N2O4/c1-5-18(16(23)24,13-9-7-6-8-10-13)12-20-14(21)11-19-15(22)17(2,3)4/h6-10H,5,11-12H2,1-4H3,(H,19,22)(H,20,21)(H,23,24). The van der Waals surface area contributed by atoms with Crippen molar-refractivity contribution in [1.29, 1.82) is 0 Å². The smallest absolute Gasteiger partial charge is 0.315 e. The fourth-order valence-corrected chi connectivity index (χ4v) is 2.28. The van der Waals surface area contributed by atoms with E-state index in [2.05, 4.69) is 10.6 Å². The van der Waals surface area contributed by atoms with Crippen LogP contribution >= 0.6 is 0 Å². The molecule has 0 heterocycles. The number of hydrogen-bond donors (Lipinski definition) is 3. The first-order valence-corrected chi connectivity index (χ1v) is 7.97. The summed E-state index contributed by atoms with van der Waals surface area (Å²) in [6.07, 6.45) is 0.334. The summed E-state index contributed by atoms with van der Waals surface area (Å²) in [5, 5.41) is 14.9. The van der Waals surface area contributed by atoms with Crippen LogP contribution in [0.1, 0.15) is 39.7 Å². The Morgan fingerprint density at radius 1 is 1.04 bits per heavy atom. The molecule has 0 fully saturated rings. The Hall–Kier alpha value is -2.37. The maximum atomic E-state index is 12.0. The first kappa shape index (κ1) is 19.7. The average Bonchev–Trinajstić information content (AvgIpc) is 2.53. The molecular weight excluding hydrogens is 308 g/mol. The second kappa shape index (κ2) is 7.95. The van der Waals surface area contributed by atoms with Crippen molar-refractivity contribution < 1.29 is 19.5 Å². The van der Waals surface area contributed by atoms with Crippen LogP contribution in [0.5, 0.6) is 0 Å². The lowest BCUT2D eigenvalue weighted by atomic mass is 9.78. The van der Waals surface area contributed by atoms with E-state index in [4.69, 9.17) is 0 Å². The third kappa shape index (κ3) is 4.81. The first-order chi connectivity index (χ1) is 11.1. The molecular formula is C18H26N2O4. The Balaban J connectivity index is 2.75. The summed E-state index contributed by atoms with van der Waals surface area (Å²) >= 11 is 0. The van der Waals surface area contributed by atoms with Crippen LogP contribution in [0, 0.1) is 5.41 Å². The molecule has 0 spiro atoms. The van der Waals surface area contributed by atoms with Gasteiger partial charge in [0.25, 0.3) is 0 Å². The third-order valence-electron chi connectivity index (χ3n) is 4.02. The van der Waals surface area contributed by atoms with E-state index in [1.807, 2.05) is 6.07 Å². The summed E-state index contributed by atoms with van der Waals surface area (Å²) in [6, 6.07) is 8.84. The molecule has 0 radical (unpaired) electrons. The van der Waals surface area contributed by atoms with Crippen molar-refractivity contribution in [2.75, 3.05) is 13.1 Å². The largest absolute Gasteiger partial charge is 0.481 e. The molecule has 0 aliphatic heterocycles. The third-order valence-corrected chi connectivity index (χ3v) is 4.02. The van der Waals surface area contributed by atoms with Crippen LogP contribution in [0.15, 0.2) is 30.3 Å². The van der Waals surface area contributed by atoms with Gasteiger partial charge in [-0.15, -0.1) is 0 Å². The number of hydrogen-bond acceptors (Lipinski definition) is 3. The van der Waals surface area contributed by atoms with Gasteiger partial charge >= 0.3 is 5.97 Å². The lowest BCUT2D eigenvalue weighted by Crippen LogP contribution is -2.49. The van der Waals surface area contributed by atoms with Crippen molar-refractivity contribution in [3.8, 4) is 0 Å². The van der Waals surface area contributed by atoms with Gasteiger partial charge in [-0.25, -0.2) is 0 Å². The predicted octanol–water partition coefficient (Wildman–Crippen LogP) is 1.70. The van der Waals surface area contributed by atoms with E-state index in [0.717, 1.165) is 0 Å². The fraction of sp³-hybridized carbons (Fsp3) is 0.500. The van der Waals surface area contributed by atoms with Gasteiger partial charge < -0.3 is 15.7 Å². The fourth-order valence-electron chi connectivity index (χ4n) is 2.28. The minimum Gasteiger partial charge on any atom is -0.481 e. The molecule has 0 bridgehead atoms. The van der Waals surface area contributed by atoms with E-state index in [0.29, 0.717) is 12.0 Å². The van der Waals surface area contributed by atoms with Gasteiger partial charge in [0.15, 0.2) is 0 Å². The zero-order valence-electron chi connectivity index (χ0n) is 14.7. The SMILES string of the molecule is CCC(CNC(=O)CNC(=O)C(C)(C)C)(C(=O)O)c1ccccc1. The average molecular weight is 334 g/mol. The molecule has 0 saturated carbocycles. The Morgan fingerprint density at radius 2 is 1.62 bits per heavy atom. The second-order valence-corrected chi connectivity index (χ2v) is 6.82. The van der Waals surface area contributed by atoms with Gasteiger partial charge in [-0.2, -0.15) is 0 Å². The monoisotopic (exact) mass is 334 g/mol. The van der Waals surface area contributed by atoms with Crippen LogP contribution in [-0.4, -0.2) is 36.0 Å². The normalized spacial score (nSPS) is 13.7. The van der Waals surface area contributed by atoms with Gasteiger partial charge in [-0.05, 0) is 12.0 Å². The first-order valence-electron chi connectivity index (χ1n) is 7.97. The second-order valence-electron chi connectivity index (χ2n) is 6.82. The van der Waals surface area contributed by atoms with Crippen molar-refractivity contribution in [3.63, 3.8) is 0 Å². The Morgan fingerprint density at radius 3 is 2.08 bits per heavy atom. The molecule has 0 saturated heterocycles. The number of carbonyl (C=O) groups is 3. The molecule has 6 nitrogen and oxygen atoms in total. The zero-order valence-corrected chi connectivity index (χ0v) is 14.7. The summed E-state index contributed by atoms with van der Waals surface area (Å²) in [5.41, 5.74) is -1.14. The van der Waals surface area contributed by atoms with E-state index < -0.39 is 22.7 Å². The van der Waals surface area contributed by atoms with Gasteiger partial charge in [0.2, 0.25) is 11.8 Å². The highest BCUT2D eigenvalue weighted by molar-refractivity contribution is 5.88.